The van der Waals surface area contributed by atoms with Gasteiger partial charge in [-0.25, -0.2) is 9.18 Å². The first-order chi connectivity index (χ1) is 15.1. The van der Waals surface area contributed by atoms with Crippen LogP contribution in [0.25, 0.3) is 0 Å². The number of nitrogens with zero attached hydrogens (tertiary/aromatic N) is 3. The van der Waals surface area contributed by atoms with E-state index in [1.165, 1.54) is 23.1 Å². The molecule has 0 aliphatic heterocycles. The molecule has 2 N–H and O–H groups in total. The molecule has 0 bridgehead atoms. The van der Waals surface area contributed by atoms with Crippen molar-refractivity contribution >= 4 is 36.0 Å². The lowest BCUT2D eigenvalue weighted by Crippen LogP contribution is -2.36. The second-order valence-electron chi connectivity index (χ2n) is 8.35. The molecule has 0 heterocycles. The van der Waals surface area contributed by atoms with Crippen molar-refractivity contribution in [1.29, 1.82) is 5.26 Å². The van der Waals surface area contributed by atoms with Crippen LogP contribution in [0.3, 0.4) is 0 Å². The number of guanidine groups is 1. The molecule has 0 aliphatic carbocycles. The molecule has 178 valence electrons. The van der Waals surface area contributed by atoms with E-state index in [1.807, 2.05) is 51.1 Å². The van der Waals surface area contributed by atoms with E-state index in [0.29, 0.717) is 30.2 Å². The lowest BCUT2D eigenvalue weighted by Gasteiger charge is -2.24. The topological polar surface area (TPSA) is 89.8 Å². The normalized spacial score (nSPS) is 11.1. The summed E-state index contributed by atoms with van der Waals surface area (Å²) in [5.41, 5.74) is 2.28. The van der Waals surface area contributed by atoms with Crippen LogP contribution in [-0.4, -0.2) is 36.6 Å². The lowest BCUT2D eigenvalue weighted by atomic mass is 10.1. The highest BCUT2D eigenvalue weighted by atomic mass is 127. The van der Waals surface area contributed by atoms with Gasteiger partial charge in [-0.05, 0) is 50.1 Å². The Hall–Kier alpha value is -2.87. The molecule has 0 fully saturated rings. The SMILES string of the molecule is CN=C(NCc1ccc(CN(C)C(=O)OC(C)(C)C)cc1)NCc1cc(C#N)ccc1F.I. The predicted molar refractivity (Wildman–Crippen MR) is 138 cm³/mol. The number of carbonyl (C=O) groups is 1. The Labute approximate surface area is 212 Å². The fraction of sp³-hybridized carbons (Fsp3) is 0.375. The summed E-state index contributed by atoms with van der Waals surface area (Å²) in [6, 6.07) is 14.1. The number of hydrogen-bond donors (Lipinski definition) is 2. The van der Waals surface area contributed by atoms with Crippen LogP contribution in [0.1, 0.15) is 43.0 Å². The maximum atomic E-state index is 13.9. The van der Waals surface area contributed by atoms with Crippen molar-refractivity contribution in [1.82, 2.24) is 15.5 Å². The van der Waals surface area contributed by atoms with Crippen molar-refractivity contribution in [2.45, 2.75) is 46.0 Å². The van der Waals surface area contributed by atoms with Crippen LogP contribution in [0.4, 0.5) is 9.18 Å². The minimum atomic E-state index is -0.530. The molecule has 0 saturated heterocycles. The Morgan fingerprint density at radius 1 is 1.12 bits per heavy atom. The summed E-state index contributed by atoms with van der Waals surface area (Å²) in [5.74, 6) is 0.138. The quantitative estimate of drug-likeness (QED) is 0.304. The molecule has 9 heteroatoms. The number of amides is 1. The maximum Gasteiger partial charge on any atom is 0.410 e. The van der Waals surface area contributed by atoms with Gasteiger partial charge in [0.25, 0.3) is 0 Å². The zero-order chi connectivity index (χ0) is 23.7. The van der Waals surface area contributed by atoms with Crippen molar-refractivity contribution in [3.05, 3.63) is 70.5 Å². The fourth-order valence-electron chi connectivity index (χ4n) is 2.81. The minimum Gasteiger partial charge on any atom is -0.444 e. The highest BCUT2D eigenvalue weighted by molar-refractivity contribution is 14.0. The van der Waals surface area contributed by atoms with Gasteiger partial charge in [-0.1, -0.05) is 24.3 Å². The van der Waals surface area contributed by atoms with E-state index in [1.54, 1.807) is 14.1 Å². The third kappa shape index (κ3) is 9.65. The molecule has 0 saturated carbocycles. The zero-order valence-corrected chi connectivity index (χ0v) is 21.9. The molecule has 33 heavy (non-hydrogen) atoms. The van der Waals surface area contributed by atoms with E-state index in [0.717, 1.165) is 11.1 Å². The van der Waals surface area contributed by atoms with Gasteiger partial charge in [0.05, 0.1) is 11.6 Å². The number of nitrogens with one attached hydrogen (secondary N) is 2. The van der Waals surface area contributed by atoms with Gasteiger partial charge < -0.3 is 20.3 Å². The molecule has 0 aliphatic rings. The van der Waals surface area contributed by atoms with Gasteiger partial charge in [-0.3, -0.25) is 4.99 Å². The average Bonchev–Trinajstić information content (AvgIpc) is 2.74. The smallest absolute Gasteiger partial charge is 0.410 e. The monoisotopic (exact) mass is 567 g/mol. The third-order valence-corrected chi connectivity index (χ3v) is 4.45. The number of nitriles is 1. The van der Waals surface area contributed by atoms with E-state index in [2.05, 4.69) is 15.6 Å². The van der Waals surface area contributed by atoms with E-state index >= 15 is 0 Å². The van der Waals surface area contributed by atoms with E-state index in [9.17, 15) is 9.18 Å². The highest BCUT2D eigenvalue weighted by Crippen LogP contribution is 2.12. The maximum absolute atomic E-state index is 13.9. The number of carbonyl (C=O) groups excluding carboxylic acids is 1. The van der Waals surface area contributed by atoms with Gasteiger partial charge in [0.15, 0.2) is 5.96 Å². The van der Waals surface area contributed by atoms with Crippen molar-refractivity contribution in [2.75, 3.05) is 14.1 Å². The van der Waals surface area contributed by atoms with E-state index < -0.39 is 5.60 Å². The zero-order valence-electron chi connectivity index (χ0n) is 19.6. The molecule has 0 unspecified atom stereocenters. The summed E-state index contributed by atoms with van der Waals surface area (Å²) in [4.78, 5) is 17.8. The van der Waals surface area contributed by atoms with E-state index in [-0.39, 0.29) is 42.4 Å². The Morgan fingerprint density at radius 3 is 2.30 bits per heavy atom. The van der Waals surface area contributed by atoms with Crippen LogP contribution in [-0.2, 0) is 24.4 Å². The second-order valence-corrected chi connectivity index (χ2v) is 8.35. The molecular formula is C24H31FIN5O2. The summed E-state index contributed by atoms with van der Waals surface area (Å²) < 4.78 is 19.3. The summed E-state index contributed by atoms with van der Waals surface area (Å²) in [5, 5.41) is 15.2. The molecule has 2 aromatic rings. The minimum absolute atomic E-state index is 0. The molecular weight excluding hydrogens is 536 g/mol. The molecule has 0 spiro atoms. The molecule has 2 rings (SSSR count). The van der Waals surface area contributed by atoms with Gasteiger partial charge >= 0.3 is 6.09 Å². The Kier molecular flexibility index (Phi) is 11.1. The van der Waals surface area contributed by atoms with Crippen molar-refractivity contribution in [3.8, 4) is 6.07 Å². The lowest BCUT2D eigenvalue weighted by molar-refractivity contribution is 0.0285. The Balaban J connectivity index is 0.00000544. The van der Waals surface area contributed by atoms with Crippen LogP contribution < -0.4 is 10.6 Å². The number of ether oxygens (including phenoxy) is 1. The van der Waals surface area contributed by atoms with Gasteiger partial charge in [-0.2, -0.15) is 5.26 Å². The first-order valence-corrected chi connectivity index (χ1v) is 10.3. The van der Waals surface area contributed by atoms with Crippen LogP contribution in [0.15, 0.2) is 47.5 Å². The van der Waals surface area contributed by atoms with Crippen LogP contribution in [0.2, 0.25) is 0 Å². The standard InChI is InChI=1S/C24H30FN5O2.HI/c1-24(2,3)32-23(31)30(5)16-18-8-6-17(7-9-18)14-28-22(27-4)29-15-20-12-19(13-26)10-11-21(20)25;/h6-12H,14-16H2,1-5H3,(H2,27,28,29);1H. The average molecular weight is 567 g/mol. The summed E-state index contributed by atoms with van der Waals surface area (Å²) in [6.07, 6.45) is -0.366. The Morgan fingerprint density at radius 2 is 1.73 bits per heavy atom. The molecule has 0 atom stereocenters. The molecule has 7 nitrogen and oxygen atoms in total. The summed E-state index contributed by atoms with van der Waals surface area (Å²) in [7, 11) is 3.33. The van der Waals surface area contributed by atoms with Crippen molar-refractivity contribution in [2.24, 2.45) is 4.99 Å². The van der Waals surface area contributed by atoms with Crippen molar-refractivity contribution in [3.63, 3.8) is 0 Å². The number of hydrogen-bond acceptors (Lipinski definition) is 4. The van der Waals surface area contributed by atoms with Gasteiger partial charge in [0, 0.05) is 39.3 Å². The van der Waals surface area contributed by atoms with Crippen LogP contribution in [0.5, 0.6) is 0 Å². The van der Waals surface area contributed by atoms with Gasteiger partial charge in [-0.15, -0.1) is 24.0 Å². The van der Waals surface area contributed by atoms with Crippen LogP contribution >= 0.6 is 24.0 Å². The summed E-state index contributed by atoms with van der Waals surface area (Å²) in [6.45, 7) is 6.67. The Bertz CT molecular complexity index is 997. The van der Waals surface area contributed by atoms with Gasteiger partial charge in [0.2, 0.25) is 0 Å². The first kappa shape index (κ1) is 28.2. The number of rotatable bonds is 6. The van der Waals surface area contributed by atoms with Crippen molar-refractivity contribution < 1.29 is 13.9 Å². The highest BCUT2D eigenvalue weighted by Gasteiger charge is 2.19. The number of aliphatic imine (C=N–C) groups is 1. The molecule has 0 aromatic heterocycles. The van der Waals surface area contributed by atoms with Gasteiger partial charge in [0.1, 0.15) is 11.4 Å². The summed E-state index contributed by atoms with van der Waals surface area (Å²) >= 11 is 0. The molecule has 0 radical (unpaired) electrons. The van der Waals surface area contributed by atoms with E-state index in [4.69, 9.17) is 10.00 Å². The number of halogens is 2. The number of benzene rings is 2. The fourth-order valence-corrected chi connectivity index (χ4v) is 2.81. The third-order valence-electron chi connectivity index (χ3n) is 4.45. The van der Waals surface area contributed by atoms with Crippen LogP contribution in [0, 0.1) is 17.1 Å². The largest absolute Gasteiger partial charge is 0.444 e. The molecule has 2 aromatic carbocycles. The predicted octanol–water partition coefficient (Wildman–Crippen LogP) is 4.55. The second kappa shape index (κ2) is 13.0. The first-order valence-electron chi connectivity index (χ1n) is 10.3. The molecule has 1 amide bonds.